The number of aromatic nitrogens is 4. The number of aliphatic carboxylic acids is 1. The van der Waals surface area contributed by atoms with Gasteiger partial charge in [0.1, 0.15) is 6.54 Å². The van der Waals surface area contributed by atoms with Crippen LogP contribution in [0.3, 0.4) is 0 Å². The molecule has 9 nitrogen and oxygen atoms in total. The number of hydrogen-bond acceptors (Lipinski definition) is 8. The van der Waals surface area contributed by atoms with Crippen molar-refractivity contribution in [3.05, 3.63) is 23.7 Å². The lowest BCUT2D eigenvalue weighted by molar-refractivity contribution is -0.138. The predicted octanol–water partition coefficient (Wildman–Crippen LogP) is 0.430. The van der Waals surface area contributed by atoms with Crippen LogP contribution in [-0.4, -0.2) is 44.4 Å². The maximum absolute atomic E-state index is 11.4. The molecule has 0 atom stereocenters. The fourth-order valence-electron chi connectivity index (χ4n) is 1.39. The summed E-state index contributed by atoms with van der Waals surface area (Å²) in [6.45, 7) is -0.329. The highest BCUT2D eigenvalue weighted by molar-refractivity contribution is 7.98. The molecule has 106 valence electrons. The number of tetrazole rings is 1. The summed E-state index contributed by atoms with van der Waals surface area (Å²) >= 11 is 1.19. The zero-order valence-corrected chi connectivity index (χ0v) is 11.2. The van der Waals surface area contributed by atoms with E-state index in [1.807, 2.05) is 0 Å². The fourth-order valence-corrected chi connectivity index (χ4v) is 2.25. The Balaban J connectivity index is 2.06. The van der Waals surface area contributed by atoms with Crippen molar-refractivity contribution in [2.24, 2.45) is 0 Å². The number of methoxy groups -OCH3 is 1. The van der Waals surface area contributed by atoms with Crippen LogP contribution in [0.5, 0.6) is 0 Å². The summed E-state index contributed by atoms with van der Waals surface area (Å²) in [7, 11) is 1.26. The van der Waals surface area contributed by atoms with E-state index in [0.29, 0.717) is 16.5 Å². The topological polar surface area (TPSA) is 120 Å². The Morgan fingerprint density at radius 2 is 2.35 bits per heavy atom. The van der Waals surface area contributed by atoms with E-state index in [-0.39, 0.29) is 12.3 Å². The van der Waals surface area contributed by atoms with Crippen molar-refractivity contribution in [2.45, 2.75) is 17.5 Å². The minimum absolute atomic E-state index is 0.109. The molecule has 0 aliphatic carbocycles. The van der Waals surface area contributed by atoms with Gasteiger partial charge >= 0.3 is 11.9 Å². The SMILES string of the molecule is COC(=O)c1occc1CSc1nnnn1CC(=O)O. The van der Waals surface area contributed by atoms with Gasteiger partial charge in [-0.25, -0.2) is 9.48 Å². The Labute approximate surface area is 116 Å². The number of ether oxygens (including phenoxy) is 1. The van der Waals surface area contributed by atoms with Crippen molar-refractivity contribution >= 4 is 23.7 Å². The summed E-state index contributed by atoms with van der Waals surface area (Å²) in [6, 6.07) is 1.63. The average Bonchev–Trinajstić information content (AvgIpc) is 3.03. The van der Waals surface area contributed by atoms with Crippen molar-refractivity contribution in [1.82, 2.24) is 20.2 Å². The molecule has 0 amide bonds. The van der Waals surface area contributed by atoms with E-state index < -0.39 is 11.9 Å². The molecule has 0 bridgehead atoms. The van der Waals surface area contributed by atoms with E-state index in [2.05, 4.69) is 20.3 Å². The number of furan rings is 1. The lowest BCUT2D eigenvalue weighted by Gasteiger charge is -2.01. The average molecular weight is 298 g/mol. The van der Waals surface area contributed by atoms with Crippen LogP contribution in [0.1, 0.15) is 16.1 Å². The first kappa shape index (κ1) is 14.1. The maximum Gasteiger partial charge on any atom is 0.374 e. The second-order valence-electron chi connectivity index (χ2n) is 3.57. The van der Waals surface area contributed by atoms with Gasteiger partial charge in [0.05, 0.1) is 13.4 Å². The number of carboxylic acid groups (broad SMARTS) is 1. The smallest absolute Gasteiger partial charge is 0.374 e. The Bertz CT molecular complexity index is 623. The number of carboxylic acids is 1. The van der Waals surface area contributed by atoms with E-state index in [9.17, 15) is 9.59 Å². The molecule has 0 saturated heterocycles. The van der Waals surface area contributed by atoms with Gasteiger partial charge in [0.15, 0.2) is 0 Å². The van der Waals surface area contributed by atoms with Crippen LogP contribution < -0.4 is 0 Å². The van der Waals surface area contributed by atoms with Crippen LogP contribution in [0.15, 0.2) is 21.9 Å². The maximum atomic E-state index is 11.4. The van der Waals surface area contributed by atoms with Crippen LogP contribution >= 0.6 is 11.8 Å². The Hall–Kier alpha value is -2.36. The lowest BCUT2D eigenvalue weighted by Crippen LogP contribution is -2.11. The zero-order chi connectivity index (χ0) is 14.5. The predicted molar refractivity (Wildman–Crippen MR) is 65.1 cm³/mol. The zero-order valence-electron chi connectivity index (χ0n) is 10.3. The quantitative estimate of drug-likeness (QED) is 0.597. The van der Waals surface area contributed by atoms with Crippen molar-refractivity contribution in [1.29, 1.82) is 0 Å². The molecule has 0 aromatic carbocycles. The van der Waals surface area contributed by atoms with Gasteiger partial charge in [0.25, 0.3) is 0 Å². The summed E-state index contributed by atoms with van der Waals surface area (Å²) in [6.07, 6.45) is 1.38. The number of nitrogens with zero attached hydrogens (tertiary/aromatic N) is 4. The van der Waals surface area contributed by atoms with E-state index in [0.717, 1.165) is 4.68 Å². The van der Waals surface area contributed by atoms with Crippen LogP contribution in [0.25, 0.3) is 0 Å². The monoisotopic (exact) mass is 298 g/mol. The highest BCUT2D eigenvalue weighted by atomic mass is 32.2. The summed E-state index contributed by atoms with van der Waals surface area (Å²) in [5.41, 5.74) is 0.617. The van der Waals surface area contributed by atoms with Crippen molar-refractivity contribution in [3.63, 3.8) is 0 Å². The number of hydrogen-bond donors (Lipinski definition) is 1. The van der Waals surface area contributed by atoms with Crippen LogP contribution in [0.2, 0.25) is 0 Å². The molecule has 2 rings (SSSR count). The normalized spacial score (nSPS) is 10.4. The van der Waals surface area contributed by atoms with Crippen molar-refractivity contribution in [2.75, 3.05) is 7.11 Å². The van der Waals surface area contributed by atoms with Crippen LogP contribution in [0.4, 0.5) is 0 Å². The summed E-state index contributed by atoms with van der Waals surface area (Å²) in [5.74, 6) is -1.16. The van der Waals surface area contributed by atoms with Gasteiger partial charge in [-0.15, -0.1) is 5.10 Å². The molecular weight excluding hydrogens is 288 g/mol. The van der Waals surface area contributed by atoms with Crippen molar-refractivity contribution in [3.8, 4) is 0 Å². The van der Waals surface area contributed by atoms with Gasteiger partial charge in [0, 0.05) is 11.3 Å². The third-order valence-electron chi connectivity index (χ3n) is 2.26. The van der Waals surface area contributed by atoms with E-state index in [1.54, 1.807) is 6.07 Å². The van der Waals surface area contributed by atoms with Gasteiger partial charge in [-0.05, 0) is 16.5 Å². The number of rotatable bonds is 6. The standard InChI is InChI=1S/C10H10N4O5S/c1-18-9(17)8-6(2-3-19-8)5-20-10-11-12-13-14(10)4-7(15)16/h2-3H,4-5H2,1H3,(H,15,16). The second-order valence-corrected chi connectivity index (χ2v) is 4.51. The van der Waals surface area contributed by atoms with Gasteiger partial charge < -0.3 is 14.3 Å². The Morgan fingerprint density at radius 1 is 1.55 bits per heavy atom. The summed E-state index contributed by atoms with van der Waals surface area (Å²) in [5, 5.41) is 19.7. The molecule has 0 radical (unpaired) electrons. The molecule has 0 saturated carbocycles. The Kier molecular flexibility index (Phi) is 4.35. The molecule has 1 N–H and O–H groups in total. The molecule has 2 aromatic heterocycles. The Morgan fingerprint density at radius 3 is 3.05 bits per heavy atom. The molecule has 2 aromatic rings. The summed E-state index contributed by atoms with van der Waals surface area (Å²) in [4.78, 5) is 22.1. The number of thioether (sulfide) groups is 1. The minimum Gasteiger partial charge on any atom is -0.480 e. The first-order valence-corrected chi connectivity index (χ1v) is 6.36. The molecule has 20 heavy (non-hydrogen) atoms. The highest BCUT2D eigenvalue weighted by Crippen LogP contribution is 2.23. The van der Waals surface area contributed by atoms with E-state index in [4.69, 9.17) is 9.52 Å². The third kappa shape index (κ3) is 3.15. The van der Waals surface area contributed by atoms with E-state index >= 15 is 0 Å². The van der Waals surface area contributed by atoms with Gasteiger partial charge in [-0.2, -0.15) is 0 Å². The molecule has 2 heterocycles. The van der Waals surface area contributed by atoms with Crippen molar-refractivity contribution < 1.29 is 23.8 Å². The fraction of sp³-hybridized carbons (Fsp3) is 0.300. The van der Waals surface area contributed by atoms with Crippen LogP contribution in [0, 0.1) is 0 Å². The molecule has 0 aliphatic heterocycles. The number of esters is 1. The molecule has 0 aliphatic rings. The van der Waals surface area contributed by atoms with Crippen LogP contribution in [-0.2, 0) is 21.8 Å². The second kappa shape index (κ2) is 6.19. The number of carbonyl (C=O) groups is 2. The molecule has 0 spiro atoms. The van der Waals surface area contributed by atoms with E-state index in [1.165, 1.54) is 25.1 Å². The first-order chi connectivity index (χ1) is 9.61. The van der Waals surface area contributed by atoms with Gasteiger partial charge in [-0.3, -0.25) is 4.79 Å². The molecule has 0 fully saturated rings. The largest absolute Gasteiger partial charge is 0.480 e. The molecular formula is C10H10N4O5S. The molecule has 10 heteroatoms. The van der Waals surface area contributed by atoms with Gasteiger partial charge in [-0.1, -0.05) is 11.8 Å². The van der Waals surface area contributed by atoms with Gasteiger partial charge in [0.2, 0.25) is 10.9 Å². The summed E-state index contributed by atoms with van der Waals surface area (Å²) < 4.78 is 10.8. The molecule has 0 unspecified atom stereocenters. The number of carbonyl (C=O) groups excluding carboxylic acids is 1. The minimum atomic E-state index is -1.04. The lowest BCUT2D eigenvalue weighted by atomic mass is 10.3. The third-order valence-corrected chi connectivity index (χ3v) is 3.26. The first-order valence-electron chi connectivity index (χ1n) is 5.37. The highest BCUT2D eigenvalue weighted by Gasteiger charge is 2.17.